The van der Waals surface area contributed by atoms with E-state index in [-0.39, 0.29) is 18.4 Å². The fraction of sp³-hybridized carbons (Fsp3) is 0.368. The summed E-state index contributed by atoms with van der Waals surface area (Å²) in [6.07, 6.45) is 0.833. The maximum absolute atomic E-state index is 12.6. The minimum Gasteiger partial charge on any atom is -0.340 e. The molecule has 0 bridgehead atoms. The molecule has 0 aliphatic carbocycles. The Morgan fingerprint density at radius 2 is 2.08 bits per heavy atom. The Kier molecular flexibility index (Phi) is 4.28. The highest BCUT2D eigenvalue weighted by atomic mass is 16.5. The van der Waals surface area contributed by atoms with Gasteiger partial charge in [0.05, 0.1) is 11.6 Å². The van der Waals surface area contributed by atoms with Crippen molar-refractivity contribution >= 4 is 5.91 Å². The number of aromatic nitrogens is 4. The third-order valence-electron chi connectivity index (χ3n) is 4.75. The Hall–Kier alpha value is -2.96. The van der Waals surface area contributed by atoms with E-state index in [0.717, 1.165) is 23.4 Å². The number of nitrogens with zero attached hydrogens (tertiary/aromatic N) is 5. The van der Waals surface area contributed by atoms with Crippen molar-refractivity contribution in [2.24, 2.45) is 0 Å². The second-order valence-corrected chi connectivity index (χ2v) is 6.73. The lowest BCUT2D eigenvalue weighted by molar-refractivity contribution is -0.131. The van der Waals surface area contributed by atoms with Crippen LogP contribution in [0.2, 0.25) is 0 Å². The molecule has 0 spiro atoms. The fourth-order valence-electron chi connectivity index (χ4n) is 3.36. The quantitative estimate of drug-likeness (QED) is 0.722. The molecule has 4 rings (SSSR count). The van der Waals surface area contributed by atoms with Gasteiger partial charge in [0.1, 0.15) is 6.54 Å². The van der Waals surface area contributed by atoms with Crippen molar-refractivity contribution < 1.29 is 9.32 Å². The van der Waals surface area contributed by atoms with Gasteiger partial charge in [0.25, 0.3) is 0 Å². The second-order valence-electron chi connectivity index (χ2n) is 6.73. The zero-order valence-electron chi connectivity index (χ0n) is 14.9. The molecule has 1 aliphatic heterocycles. The van der Waals surface area contributed by atoms with Crippen molar-refractivity contribution in [3.8, 4) is 11.4 Å². The van der Waals surface area contributed by atoms with Crippen LogP contribution in [0.4, 0.5) is 0 Å². The highest BCUT2D eigenvalue weighted by Gasteiger charge is 2.31. The number of benzene rings is 1. The molecule has 1 amide bonds. The Bertz CT molecular complexity index is 915. The average Bonchev–Trinajstić information content (AvgIpc) is 3.36. The molecule has 3 heterocycles. The van der Waals surface area contributed by atoms with Crippen molar-refractivity contribution in [2.45, 2.75) is 32.7 Å². The van der Waals surface area contributed by atoms with Crippen LogP contribution in [-0.2, 0) is 11.3 Å². The number of carbonyl (C=O) groups excluding carboxylic acids is 1. The van der Waals surface area contributed by atoms with Gasteiger partial charge in [0.2, 0.25) is 17.6 Å². The molecule has 3 aromatic rings. The van der Waals surface area contributed by atoms with E-state index in [0.29, 0.717) is 24.8 Å². The van der Waals surface area contributed by atoms with E-state index in [1.54, 1.807) is 4.68 Å². The predicted octanol–water partition coefficient (Wildman–Crippen LogP) is 2.57. The van der Waals surface area contributed by atoms with Gasteiger partial charge in [0, 0.05) is 24.3 Å². The highest BCUT2D eigenvalue weighted by Crippen LogP contribution is 2.28. The van der Waals surface area contributed by atoms with Crippen LogP contribution in [0.25, 0.3) is 11.4 Å². The first-order valence-electron chi connectivity index (χ1n) is 8.78. The number of aryl methyl sites for hydroxylation is 2. The van der Waals surface area contributed by atoms with E-state index >= 15 is 0 Å². The number of hydrogen-bond donors (Lipinski definition) is 0. The van der Waals surface area contributed by atoms with Gasteiger partial charge in [-0.05, 0) is 26.3 Å². The normalized spacial score (nSPS) is 17.0. The van der Waals surface area contributed by atoms with Gasteiger partial charge in [-0.2, -0.15) is 10.1 Å². The summed E-state index contributed by atoms with van der Waals surface area (Å²) in [7, 11) is 0. The summed E-state index contributed by atoms with van der Waals surface area (Å²) in [6, 6.07) is 11.7. The zero-order valence-corrected chi connectivity index (χ0v) is 14.9. The van der Waals surface area contributed by atoms with E-state index in [4.69, 9.17) is 4.52 Å². The van der Waals surface area contributed by atoms with Crippen LogP contribution in [0, 0.1) is 13.8 Å². The molecule has 0 radical (unpaired) electrons. The molecule has 0 unspecified atom stereocenters. The van der Waals surface area contributed by atoms with E-state index in [2.05, 4.69) is 15.2 Å². The SMILES string of the molecule is Cc1cc(C)n(CC(=O)N2CC[C@@H](c3nc(-c4ccccc4)no3)C2)n1. The van der Waals surface area contributed by atoms with Gasteiger partial charge >= 0.3 is 0 Å². The number of hydrogen-bond acceptors (Lipinski definition) is 5. The second kappa shape index (κ2) is 6.74. The smallest absolute Gasteiger partial charge is 0.244 e. The van der Waals surface area contributed by atoms with E-state index < -0.39 is 0 Å². The highest BCUT2D eigenvalue weighted by molar-refractivity contribution is 5.76. The number of rotatable bonds is 4. The topological polar surface area (TPSA) is 77.0 Å². The number of amides is 1. The first-order chi connectivity index (χ1) is 12.6. The minimum absolute atomic E-state index is 0.0708. The van der Waals surface area contributed by atoms with E-state index in [9.17, 15) is 4.79 Å². The van der Waals surface area contributed by atoms with Gasteiger partial charge < -0.3 is 9.42 Å². The fourth-order valence-corrected chi connectivity index (χ4v) is 3.36. The summed E-state index contributed by atoms with van der Waals surface area (Å²) in [5, 5.41) is 8.44. The molecule has 0 N–H and O–H groups in total. The number of likely N-dealkylation sites (tertiary alicyclic amines) is 1. The van der Waals surface area contributed by atoms with E-state index in [1.165, 1.54) is 0 Å². The average molecular weight is 351 g/mol. The van der Waals surface area contributed by atoms with Gasteiger partial charge in [-0.1, -0.05) is 35.5 Å². The standard InChI is InChI=1S/C19H21N5O2/c1-13-10-14(2)24(21-13)12-17(25)23-9-8-16(11-23)19-20-18(22-26-19)15-6-4-3-5-7-15/h3-7,10,16H,8-9,11-12H2,1-2H3/t16-/m1/s1. The molecule has 1 saturated heterocycles. The van der Waals surface area contributed by atoms with Crippen LogP contribution in [0.5, 0.6) is 0 Å². The summed E-state index contributed by atoms with van der Waals surface area (Å²) < 4.78 is 7.21. The lowest BCUT2D eigenvalue weighted by Crippen LogP contribution is -2.32. The molecule has 26 heavy (non-hydrogen) atoms. The van der Waals surface area contributed by atoms with Gasteiger partial charge in [-0.25, -0.2) is 0 Å². The zero-order chi connectivity index (χ0) is 18.1. The van der Waals surface area contributed by atoms with Crippen molar-refractivity contribution in [3.05, 3.63) is 53.7 Å². The summed E-state index contributed by atoms with van der Waals surface area (Å²) in [6.45, 7) is 5.47. The predicted molar refractivity (Wildman–Crippen MR) is 95.4 cm³/mol. The van der Waals surface area contributed by atoms with Crippen LogP contribution in [0.15, 0.2) is 40.9 Å². The van der Waals surface area contributed by atoms with Crippen LogP contribution in [-0.4, -0.2) is 43.8 Å². The Morgan fingerprint density at radius 3 is 2.81 bits per heavy atom. The molecule has 1 aliphatic rings. The van der Waals surface area contributed by atoms with Crippen molar-refractivity contribution in [2.75, 3.05) is 13.1 Å². The molecule has 2 aromatic heterocycles. The van der Waals surface area contributed by atoms with Crippen molar-refractivity contribution in [1.82, 2.24) is 24.8 Å². The first kappa shape index (κ1) is 16.5. The summed E-state index contributed by atoms with van der Waals surface area (Å²) in [4.78, 5) is 19.0. The third kappa shape index (κ3) is 3.24. The number of carbonyl (C=O) groups is 1. The minimum atomic E-state index is 0.0708. The molecule has 7 heteroatoms. The molecular weight excluding hydrogens is 330 g/mol. The first-order valence-corrected chi connectivity index (χ1v) is 8.78. The molecule has 0 saturated carbocycles. The van der Waals surface area contributed by atoms with Gasteiger partial charge in [-0.15, -0.1) is 0 Å². The summed E-state index contributed by atoms with van der Waals surface area (Å²) in [5.74, 6) is 1.35. The van der Waals surface area contributed by atoms with Crippen LogP contribution in [0.3, 0.4) is 0 Å². The monoisotopic (exact) mass is 351 g/mol. The molecule has 134 valence electrons. The lowest BCUT2D eigenvalue weighted by atomic mass is 10.1. The molecule has 1 atom stereocenters. The van der Waals surface area contributed by atoms with Crippen LogP contribution < -0.4 is 0 Å². The van der Waals surface area contributed by atoms with Crippen molar-refractivity contribution in [1.29, 1.82) is 0 Å². The Labute approximate surface area is 151 Å². The Morgan fingerprint density at radius 1 is 1.27 bits per heavy atom. The van der Waals surface area contributed by atoms with Crippen LogP contribution >= 0.6 is 0 Å². The van der Waals surface area contributed by atoms with E-state index in [1.807, 2.05) is 55.1 Å². The van der Waals surface area contributed by atoms with Gasteiger partial charge in [-0.3, -0.25) is 9.48 Å². The summed E-state index contributed by atoms with van der Waals surface area (Å²) in [5.41, 5.74) is 2.85. The molecule has 1 aromatic carbocycles. The maximum Gasteiger partial charge on any atom is 0.244 e. The lowest BCUT2D eigenvalue weighted by Gasteiger charge is -2.16. The largest absolute Gasteiger partial charge is 0.340 e. The van der Waals surface area contributed by atoms with Crippen LogP contribution in [0.1, 0.15) is 29.6 Å². The summed E-state index contributed by atoms with van der Waals surface area (Å²) >= 11 is 0. The molecule has 1 fully saturated rings. The third-order valence-corrected chi connectivity index (χ3v) is 4.75. The maximum atomic E-state index is 12.6. The van der Waals surface area contributed by atoms with Gasteiger partial charge in [0.15, 0.2) is 0 Å². The Balaban J connectivity index is 1.41. The van der Waals surface area contributed by atoms with Crippen molar-refractivity contribution in [3.63, 3.8) is 0 Å². The molecular formula is C19H21N5O2. The molecule has 7 nitrogen and oxygen atoms in total.